The zero-order valence-electron chi connectivity index (χ0n) is 18.6. The van der Waals surface area contributed by atoms with Crippen LogP contribution in [0.1, 0.15) is 49.4 Å². The van der Waals surface area contributed by atoms with Crippen molar-refractivity contribution in [3.8, 4) is 0 Å². The molecule has 0 radical (unpaired) electrons. The highest BCUT2D eigenvalue weighted by Crippen LogP contribution is 2.33. The third-order valence-electron chi connectivity index (χ3n) is 6.01. The second kappa shape index (κ2) is 9.28. The minimum atomic E-state index is -0.444. The van der Waals surface area contributed by atoms with Crippen molar-refractivity contribution in [2.45, 2.75) is 50.0 Å². The Bertz CT molecular complexity index is 1290. The molecule has 4 rings (SSSR count). The molecule has 2 aromatic heterocycles. The van der Waals surface area contributed by atoms with E-state index in [1.165, 1.54) is 29.8 Å². The van der Waals surface area contributed by atoms with Gasteiger partial charge in [-0.2, -0.15) is 0 Å². The normalized spacial score (nSPS) is 14.6. The van der Waals surface area contributed by atoms with Crippen molar-refractivity contribution in [3.63, 3.8) is 0 Å². The van der Waals surface area contributed by atoms with E-state index in [2.05, 4.69) is 10.3 Å². The van der Waals surface area contributed by atoms with Crippen LogP contribution in [0, 0.1) is 6.92 Å². The van der Waals surface area contributed by atoms with Gasteiger partial charge in [-0.3, -0.25) is 18.7 Å². The molecule has 1 aliphatic carbocycles. The zero-order valence-corrected chi connectivity index (χ0v) is 19.4. The summed E-state index contributed by atoms with van der Waals surface area (Å²) in [5.74, 6) is 0.767. The number of rotatable bonds is 5. The van der Waals surface area contributed by atoms with E-state index >= 15 is 0 Å². The molecule has 1 amide bonds. The van der Waals surface area contributed by atoms with Gasteiger partial charge in [0, 0.05) is 25.7 Å². The lowest BCUT2D eigenvalue weighted by Crippen LogP contribution is -2.38. The average Bonchev–Trinajstić information content (AvgIpc) is 2.81. The molecule has 0 spiro atoms. The molecule has 0 atom stereocenters. The first kappa shape index (κ1) is 22.3. The highest BCUT2D eigenvalue weighted by molar-refractivity contribution is 8.00. The van der Waals surface area contributed by atoms with E-state index in [0.29, 0.717) is 16.5 Å². The number of carbonyl (C=O) groups excluding carboxylic acids is 1. The highest BCUT2D eigenvalue weighted by Gasteiger charge is 2.23. The van der Waals surface area contributed by atoms with Crippen LogP contribution in [-0.4, -0.2) is 30.8 Å². The number of anilines is 1. The summed E-state index contributed by atoms with van der Waals surface area (Å²) in [6, 6.07) is 7.57. The summed E-state index contributed by atoms with van der Waals surface area (Å²) in [4.78, 5) is 47.5. The molecule has 1 aromatic carbocycles. The van der Waals surface area contributed by atoms with Crippen LogP contribution < -0.4 is 16.6 Å². The summed E-state index contributed by atoms with van der Waals surface area (Å²) in [6.07, 6.45) is 5.40. The number of carbonyl (C=O) groups is 1. The van der Waals surface area contributed by atoms with Crippen molar-refractivity contribution in [1.29, 1.82) is 0 Å². The number of amides is 1. The van der Waals surface area contributed by atoms with Crippen LogP contribution in [0.15, 0.2) is 38.9 Å². The number of nitrogens with zero attached hydrogens (tertiary/aromatic N) is 4. The Morgan fingerprint density at radius 1 is 1.09 bits per heavy atom. The molecule has 1 N–H and O–H groups in total. The lowest BCUT2D eigenvalue weighted by atomic mass is 9.89. The van der Waals surface area contributed by atoms with Gasteiger partial charge in [-0.15, -0.1) is 0 Å². The van der Waals surface area contributed by atoms with E-state index in [1.54, 1.807) is 7.05 Å². The Hall–Kier alpha value is -2.94. The van der Waals surface area contributed by atoms with Crippen molar-refractivity contribution >= 4 is 34.4 Å². The van der Waals surface area contributed by atoms with Crippen LogP contribution in [-0.2, 0) is 18.9 Å². The number of nitrogens with one attached hydrogen (secondary N) is 1. The quantitative estimate of drug-likeness (QED) is 0.471. The molecule has 3 aromatic rings. The summed E-state index contributed by atoms with van der Waals surface area (Å²) < 4.78 is 2.45. The van der Waals surface area contributed by atoms with Gasteiger partial charge < -0.3 is 5.32 Å². The van der Waals surface area contributed by atoms with Crippen molar-refractivity contribution in [3.05, 3.63) is 56.5 Å². The van der Waals surface area contributed by atoms with E-state index in [1.807, 2.05) is 31.2 Å². The topological polar surface area (TPSA) is 98.9 Å². The predicted octanol–water partition coefficient (Wildman–Crippen LogP) is 3.11. The first-order valence-corrected chi connectivity index (χ1v) is 11.8. The highest BCUT2D eigenvalue weighted by atomic mass is 32.2. The molecule has 1 fully saturated rings. The molecular weight excluding hydrogens is 426 g/mol. The van der Waals surface area contributed by atoms with Gasteiger partial charge in [0.25, 0.3) is 5.56 Å². The SMILES string of the molecule is Cc1ccccc1NC(=O)CSc1nc(C2CCCCC2)nc2c1c(=O)n(C)c(=O)n2C. The molecular formula is C23H27N5O3S. The van der Waals surface area contributed by atoms with Gasteiger partial charge in [0.15, 0.2) is 5.65 Å². The van der Waals surface area contributed by atoms with Crippen LogP contribution >= 0.6 is 11.8 Å². The number of hydrogen-bond acceptors (Lipinski definition) is 6. The molecule has 9 heteroatoms. The number of fused-ring (bicyclic) bond motifs is 1. The Morgan fingerprint density at radius 3 is 2.53 bits per heavy atom. The van der Waals surface area contributed by atoms with Crippen LogP contribution in [0.2, 0.25) is 0 Å². The third kappa shape index (κ3) is 4.34. The molecule has 168 valence electrons. The summed E-state index contributed by atoms with van der Waals surface area (Å²) in [5.41, 5.74) is 1.19. The summed E-state index contributed by atoms with van der Waals surface area (Å²) >= 11 is 1.21. The van der Waals surface area contributed by atoms with Crippen LogP contribution in [0.25, 0.3) is 11.0 Å². The van der Waals surface area contributed by atoms with Crippen LogP contribution in [0.3, 0.4) is 0 Å². The number of para-hydroxylation sites is 1. The molecule has 32 heavy (non-hydrogen) atoms. The average molecular weight is 454 g/mol. The molecule has 1 saturated carbocycles. The zero-order chi connectivity index (χ0) is 22.8. The van der Waals surface area contributed by atoms with Gasteiger partial charge in [0.05, 0.1) is 5.75 Å². The molecule has 0 bridgehead atoms. The minimum Gasteiger partial charge on any atom is -0.325 e. The van der Waals surface area contributed by atoms with Crippen LogP contribution in [0.5, 0.6) is 0 Å². The van der Waals surface area contributed by atoms with Gasteiger partial charge in [0.1, 0.15) is 16.2 Å². The number of aryl methyl sites for hydroxylation is 2. The second-order valence-corrected chi connectivity index (χ2v) is 9.24. The lowest BCUT2D eigenvalue weighted by Gasteiger charge is -2.21. The van der Waals surface area contributed by atoms with E-state index in [-0.39, 0.29) is 23.0 Å². The summed E-state index contributed by atoms with van der Waals surface area (Å²) in [6.45, 7) is 1.93. The van der Waals surface area contributed by atoms with Gasteiger partial charge in [-0.25, -0.2) is 14.8 Å². The monoisotopic (exact) mass is 453 g/mol. The molecule has 0 aliphatic heterocycles. The summed E-state index contributed by atoms with van der Waals surface area (Å²) in [5, 5.41) is 3.64. The molecule has 0 saturated heterocycles. The maximum atomic E-state index is 12.9. The fourth-order valence-corrected chi connectivity index (χ4v) is 4.95. The Kier molecular flexibility index (Phi) is 6.45. The van der Waals surface area contributed by atoms with Gasteiger partial charge >= 0.3 is 5.69 Å². The van der Waals surface area contributed by atoms with Crippen molar-refractivity contribution < 1.29 is 4.79 Å². The first-order chi connectivity index (χ1) is 15.4. The molecule has 0 unspecified atom stereocenters. The molecule has 1 aliphatic rings. The van der Waals surface area contributed by atoms with Crippen molar-refractivity contribution in [2.24, 2.45) is 14.1 Å². The molecule has 8 nitrogen and oxygen atoms in total. The van der Waals surface area contributed by atoms with E-state index in [9.17, 15) is 14.4 Å². The maximum absolute atomic E-state index is 12.9. The standard InChI is InChI=1S/C23H27N5O3S/c1-14-9-7-8-12-16(14)24-17(29)13-32-21-18-20(27(2)23(31)28(3)22(18)30)25-19(26-21)15-10-5-4-6-11-15/h7-9,12,15H,4-6,10-11,13H2,1-3H3,(H,24,29). The number of hydrogen-bond donors (Lipinski definition) is 1. The van der Waals surface area contributed by atoms with Gasteiger partial charge in [0.2, 0.25) is 5.91 Å². The van der Waals surface area contributed by atoms with Gasteiger partial charge in [-0.1, -0.05) is 49.2 Å². The van der Waals surface area contributed by atoms with Crippen molar-refractivity contribution in [1.82, 2.24) is 19.1 Å². The maximum Gasteiger partial charge on any atom is 0.332 e. The predicted molar refractivity (Wildman–Crippen MR) is 126 cm³/mol. The Labute approximate surface area is 190 Å². The smallest absolute Gasteiger partial charge is 0.325 e. The Balaban J connectivity index is 1.71. The first-order valence-electron chi connectivity index (χ1n) is 10.8. The minimum absolute atomic E-state index is 0.0938. The number of thioether (sulfide) groups is 1. The van der Waals surface area contributed by atoms with Crippen LogP contribution in [0.4, 0.5) is 5.69 Å². The van der Waals surface area contributed by atoms with Gasteiger partial charge in [-0.05, 0) is 31.4 Å². The number of benzene rings is 1. The fraction of sp³-hybridized carbons (Fsp3) is 0.435. The van der Waals surface area contributed by atoms with Crippen molar-refractivity contribution in [2.75, 3.05) is 11.1 Å². The Morgan fingerprint density at radius 2 is 1.81 bits per heavy atom. The summed E-state index contributed by atoms with van der Waals surface area (Å²) in [7, 11) is 3.06. The molecule has 2 heterocycles. The fourth-order valence-electron chi connectivity index (χ4n) is 4.13. The van der Waals surface area contributed by atoms with E-state index in [0.717, 1.165) is 41.5 Å². The third-order valence-corrected chi connectivity index (χ3v) is 6.99. The second-order valence-electron chi connectivity index (χ2n) is 8.28. The number of aromatic nitrogens is 4. The largest absolute Gasteiger partial charge is 0.332 e. The lowest BCUT2D eigenvalue weighted by molar-refractivity contribution is -0.113. The van der Waals surface area contributed by atoms with E-state index in [4.69, 9.17) is 4.98 Å². The van der Waals surface area contributed by atoms with E-state index < -0.39 is 11.2 Å².